The lowest BCUT2D eigenvalue weighted by Gasteiger charge is -2.14. The van der Waals surface area contributed by atoms with Crippen LogP contribution in [-0.4, -0.2) is 23.9 Å². The molecule has 0 bridgehead atoms. The highest BCUT2D eigenvalue weighted by Gasteiger charge is 2.26. The summed E-state index contributed by atoms with van der Waals surface area (Å²) in [5.74, 6) is 0.234. The summed E-state index contributed by atoms with van der Waals surface area (Å²) >= 11 is 0. The maximum Gasteiger partial charge on any atom is 0.389 e. The Balaban J connectivity index is 2.13. The minimum absolute atomic E-state index is 0.0828. The van der Waals surface area contributed by atoms with Gasteiger partial charge in [-0.25, -0.2) is 0 Å². The number of phenols is 1. The molecule has 0 amide bonds. The second-order valence-corrected chi connectivity index (χ2v) is 4.78. The van der Waals surface area contributed by atoms with Gasteiger partial charge in [0, 0.05) is 12.5 Å². The van der Waals surface area contributed by atoms with Crippen LogP contribution in [0.3, 0.4) is 0 Å². The van der Waals surface area contributed by atoms with E-state index in [2.05, 4.69) is 5.32 Å². The summed E-state index contributed by atoms with van der Waals surface area (Å²) in [6.45, 7) is 2.62. The summed E-state index contributed by atoms with van der Waals surface area (Å²) < 4.78 is 35.9. The van der Waals surface area contributed by atoms with E-state index >= 15 is 0 Å². The van der Waals surface area contributed by atoms with Gasteiger partial charge >= 0.3 is 6.18 Å². The van der Waals surface area contributed by atoms with Gasteiger partial charge in [0.2, 0.25) is 0 Å². The predicted octanol–water partition coefficient (Wildman–Crippen LogP) is 3.65. The van der Waals surface area contributed by atoms with Crippen LogP contribution >= 0.6 is 0 Å². The lowest BCUT2D eigenvalue weighted by Crippen LogP contribution is -2.28. The zero-order chi connectivity index (χ0) is 14.3. The van der Waals surface area contributed by atoms with Crippen LogP contribution in [0, 0.1) is 0 Å². The molecule has 0 aliphatic rings. The van der Waals surface area contributed by atoms with Gasteiger partial charge in [-0.15, -0.1) is 0 Å². The highest BCUT2D eigenvalue weighted by molar-refractivity contribution is 5.25. The molecule has 1 atom stereocenters. The van der Waals surface area contributed by atoms with Gasteiger partial charge in [0.15, 0.2) is 0 Å². The van der Waals surface area contributed by atoms with Crippen LogP contribution in [0.5, 0.6) is 5.75 Å². The highest BCUT2D eigenvalue weighted by atomic mass is 19.4. The predicted molar refractivity (Wildman–Crippen MR) is 69.2 cm³/mol. The van der Waals surface area contributed by atoms with Crippen molar-refractivity contribution in [3.63, 3.8) is 0 Å². The van der Waals surface area contributed by atoms with Crippen LogP contribution in [0.1, 0.15) is 31.7 Å². The average Bonchev–Trinajstić information content (AvgIpc) is 2.30. The SMILES string of the molecule is CC(CCCC(F)(F)F)NCCc1ccc(O)cc1. The molecule has 0 saturated heterocycles. The zero-order valence-corrected chi connectivity index (χ0v) is 11.0. The van der Waals surface area contributed by atoms with E-state index in [1.807, 2.05) is 19.1 Å². The molecule has 1 aromatic rings. The molecule has 1 aromatic carbocycles. The summed E-state index contributed by atoms with van der Waals surface area (Å²) in [4.78, 5) is 0. The van der Waals surface area contributed by atoms with Crippen LogP contribution in [-0.2, 0) is 6.42 Å². The maximum absolute atomic E-state index is 12.0. The average molecular weight is 275 g/mol. The third-order valence-electron chi connectivity index (χ3n) is 2.94. The summed E-state index contributed by atoms with van der Waals surface area (Å²) in [6.07, 6.45) is -3.28. The van der Waals surface area contributed by atoms with Gasteiger partial charge in [-0.2, -0.15) is 13.2 Å². The third kappa shape index (κ3) is 7.72. The van der Waals surface area contributed by atoms with Crippen molar-refractivity contribution in [1.29, 1.82) is 0 Å². The molecule has 1 unspecified atom stereocenters. The van der Waals surface area contributed by atoms with Crippen molar-refractivity contribution in [3.8, 4) is 5.75 Å². The molecular weight excluding hydrogens is 255 g/mol. The number of hydrogen-bond acceptors (Lipinski definition) is 2. The van der Waals surface area contributed by atoms with Crippen LogP contribution in [0.25, 0.3) is 0 Å². The first-order chi connectivity index (χ1) is 8.87. The minimum Gasteiger partial charge on any atom is -0.508 e. The molecule has 0 saturated carbocycles. The normalized spacial score (nSPS) is 13.5. The highest BCUT2D eigenvalue weighted by Crippen LogP contribution is 2.22. The van der Waals surface area contributed by atoms with E-state index in [1.54, 1.807) is 12.1 Å². The first-order valence-corrected chi connectivity index (χ1v) is 6.45. The smallest absolute Gasteiger partial charge is 0.389 e. The van der Waals surface area contributed by atoms with E-state index in [9.17, 15) is 13.2 Å². The van der Waals surface area contributed by atoms with Crippen LogP contribution in [0.2, 0.25) is 0 Å². The van der Waals surface area contributed by atoms with Crippen LogP contribution in [0.4, 0.5) is 13.2 Å². The molecule has 5 heteroatoms. The number of halogens is 3. The Hall–Kier alpha value is -1.23. The minimum atomic E-state index is -4.05. The van der Waals surface area contributed by atoms with Crippen molar-refractivity contribution in [3.05, 3.63) is 29.8 Å². The van der Waals surface area contributed by atoms with Gasteiger partial charge in [-0.1, -0.05) is 12.1 Å². The lowest BCUT2D eigenvalue weighted by atomic mass is 10.1. The Morgan fingerprint density at radius 3 is 2.42 bits per heavy atom. The molecule has 0 aliphatic heterocycles. The van der Waals surface area contributed by atoms with Crippen LogP contribution in [0.15, 0.2) is 24.3 Å². The molecule has 2 N–H and O–H groups in total. The number of alkyl halides is 3. The molecule has 108 valence electrons. The van der Waals surface area contributed by atoms with E-state index in [0.29, 0.717) is 6.42 Å². The fourth-order valence-electron chi connectivity index (χ4n) is 1.84. The largest absolute Gasteiger partial charge is 0.508 e. The molecule has 0 aliphatic carbocycles. The van der Waals surface area contributed by atoms with Crippen molar-refractivity contribution < 1.29 is 18.3 Å². The van der Waals surface area contributed by atoms with Gasteiger partial charge in [0.25, 0.3) is 0 Å². The topological polar surface area (TPSA) is 32.3 Å². The summed E-state index contributed by atoms with van der Waals surface area (Å²) in [5.41, 5.74) is 1.09. The second kappa shape index (κ2) is 7.38. The number of phenolic OH excluding ortho intramolecular Hbond substituents is 1. The van der Waals surface area contributed by atoms with E-state index in [4.69, 9.17) is 5.11 Å². The van der Waals surface area contributed by atoms with Crippen LogP contribution < -0.4 is 5.32 Å². The molecule has 0 radical (unpaired) electrons. The van der Waals surface area contributed by atoms with E-state index in [0.717, 1.165) is 18.5 Å². The molecule has 0 fully saturated rings. The van der Waals surface area contributed by atoms with Crippen molar-refractivity contribution >= 4 is 0 Å². The first kappa shape index (κ1) is 15.8. The number of aromatic hydroxyl groups is 1. The Morgan fingerprint density at radius 1 is 1.21 bits per heavy atom. The summed E-state index contributed by atoms with van der Waals surface area (Å²) in [6, 6.07) is 7.01. The Labute approximate surface area is 111 Å². The van der Waals surface area contributed by atoms with Crippen molar-refractivity contribution in [2.24, 2.45) is 0 Å². The van der Waals surface area contributed by atoms with Gasteiger partial charge < -0.3 is 10.4 Å². The van der Waals surface area contributed by atoms with E-state index in [-0.39, 0.29) is 18.2 Å². The summed E-state index contributed by atoms with van der Waals surface area (Å²) in [7, 11) is 0. The molecule has 0 spiro atoms. The Bertz CT molecular complexity index is 362. The quantitative estimate of drug-likeness (QED) is 0.796. The second-order valence-electron chi connectivity index (χ2n) is 4.78. The monoisotopic (exact) mass is 275 g/mol. The standard InChI is InChI=1S/C14H20F3NO/c1-11(3-2-9-14(15,16)17)18-10-8-12-4-6-13(19)7-5-12/h4-7,11,18-19H,2-3,8-10H2,1H3. The number of rotatable bonds is 7. The Kier molecular flexibility index (Phi) is 6.15. The number of benzene rings is 1. The van der Waals surface area contributed by atoms with Gasteiger partial charge in [-0.05, 0) is 50.4 Å². The third-order valence-corrected chi connectivity index (χ3v) is 2.94. The fourth-order valence-corrected chi connectivity index (χ4v) is 1.84. The molecule has 1 rings (SSSR count). The first-order valence-electron chi connectivity index (χ1n) is 6.45. The van der Waals surface area contributed by atoms with Gasteiger partial charge in [-0.3, -0.25) is 0 Å². The molecule has 0 heterocycles. The maximum atomic E-state index is 12.0. The lowest BCUT2D eigenvalue weighted by molar-refractivity contribution is -0.135. The van der Waals surface area contributed by atoms with E-state index < -0.39 is 12.6 Å². The van der Waals surface area contributed by atoms with Gasteiger partial charge in [0.1, 0.15) is 5.75 Å². The van der Waals surface area contributed by atoms with E-state index in [1.165, 1.54) is 0 Å². The number of hydrogen-bond donors (Lipinski definition) is 2. The summed E-state index contributed by atoms with van der Waals surface area (Å²) in [5, 5.41) is 12.3. The molecule has 2 nitrogen and oxygen atoms in total. The van der Waals surface area contributed by atoms with Crippen molar-refractivity contribution in [2.75, 3.05) is 6.54 Å². The molecule has 19 heavy (non-hydrogen) atoms. The zero-order valence-electron chi connectivity index (χ0n) is 11.0. The van der Waals surface area contributed by atoms with Crippen molar-refractivity contribution in [2.45, 2.75) is 44.8 Å². The molecular formula is C14H20F3NO. The number of nitrogens with one attached hydrogen (secondary N) is 1. The van der Waals surface area contributed by atoms with Crippen molar-refractivity contribution in [1.82, 2.24) is 5.32 Å². The molecule has 0 aromatic heterocycles. The Morgan fingerprint density at radius 2 is 1.84 bits per heavy atom. The van der Waals surface area contributed by atoms with Gasteiger partial charge in [0.05, 0.1) is 0 Å². The fraction of sp³-hybridized carbons (Fsp3) is 0.571.